The molecule has 104 valence electrons. The maximum absolute atomic E-state index is 11.9. The fourth-order valence-corrected chi connectivity index (χ4v) is 2.63. The fraction of sp³-hybridized carbons (Fsp3) is 0.571. The Morgan fingerprint density at radius 1 is 1.63 bits per heavy atom. The molecule has 0 aromatic carbocycles. The van der Waals surface area contributed by atoms with Crippen molar-refractivity contribution in [2.24, 2.45) is 5.41 Å². The summed E-state index contributed by atoms with van der Waals surface area (Å²) in [6, 6.07) is 3.60. The van der Waals surface area contributed by atoms with Gasteiger partial charge in [0.1, 0.15) is 5.82 Å². The van der Waals surface area contributed by atoms with Crippen LogP contribution in [0.5, 0.6) is 0 Å². The zero-order valence-corrected chi connectivity index (χ0v) is 11.8. The number of nitrogens with zero attached hydrogens (tertiary/aromatic N) is 2. The number of anilines is 1. The summed E-state index contributed by atoms with van der Waals surface area (Å²) < 4.78 is 5.29. The Kier molecular flexibility index (Phi) is 4.04. The number of hydrogen-bond acceptors (Lipinski definition) is 4. The van der Waals surface area contributed by atoms with Crippen molar-refractivity contribution in [1.29, 1.82) is 0 Å². The van der Waals surface area contributed by atoms with Gasteiger partial charge >= 0.3 is 0 Å². The van der Waals surface area contributed by atoms with Gasteiger partial charge in [0.15, 0.2) is 0 Å². The minimum atomic E-state index is -0.0940. The fourth-order valence-electron chi connectivity index (χ4n) is 2.63. The Labute approximate surface area is 114 Å². The molecule has 0 radical (unpaired) electrons. The normalized spacial score (nSPS) is 22.6. The average Bonchev–Trinajstić information content (AvgIpc) is 2.80. The summed E-state index contributed by atoms with van der Waals surface area (Å²) in [5, 5.41) is 2.66. The van der Waals surface area contributed by atoms with Crippen LogP contribution in [-0.2, 0) is 4.74 Å². The molecule has 1 aromatic heterocycles. The van der Waals surface area contributed by atoms with Crippen LogP contribution in [0, 0.1) is 5.41 Å². The third-order valence-electron chi connectivity index (χ3n) is 3.61. The number of hydrogen-bond donors (Lipinski definition) is 1. The van der Waals surface area contributed by atoms with Crippen molar-refractivity contribution in [2.45, 2.75) is 13.3 Å². The van der Waals surface area contributed by atoms with Gasteiger partial charge in [0.2, 0.25) is 0 Å². The maximum Gasteiger partial charge on any atom is 0.254 e. The summed E-state index contributed by atoms with van der Waals surface area (Å²) in [4.78, 5) is 18.4. The van der Waals surface area contributed by atoms with E-state index < -0.39 is 0 Å². The molecule has 0 bridgehead atoms. The van der Waals surface area contributed by atoms with E-state index in [0.717, 1.165) is 31.9 Å². The molecule has 1 saturated heterocycles. The lowest BCUT2D eigenvalue weighted by Crippen LogP contribution is -2.30. The van der Waals surface area contributed by atoms with Crippen LogP contribution in [-0.4, -0.2) is 44.7 Å². The lowest BCUT2D eigenvalue weighted by Gasteiger charge is -2.25. The monoisotopic (exact) mass is 263 g/mol. The third kappa shape index (κ3) is 2.87. The molecule has 1 aliphatic heterocycles. The van der Waals surface area contributed by atoms with Crippen LogP contribution in [0.1, 0.15) is 23.7 Å². The van der Waals surface area contributed by atoms with Gasteiger partial charge in [-0.05, 0) is 18.6 Å². The molecule has 1 atom stereocenters. The first-order chi connectivity index (χ1) is 9.09. The number of methoxy groups -OCH3 is 1. The number of rotatable bonds is 4. The quantitative estimate of drug-likeness (QED) is 0.889. The van der Waals surface area contributed by atoms with Gasteiger partial charge in [-0.25, -0.2) is 4.98 Å². The molecule has 5 heteroatoms. The van der Waals surface area contributed by atoms with E-state index in [4.69, 9.17) is 4.74 Å². The van der Waals surface area contributed by atoms with Crippen molar-refractivity contribution >= 4 is 11.7 Å². The zero-order chi connectivity index (χ0) is 13.9. The second-order valence-electron chi connectivity index (χ2n) is 5.37. The lowest BCUT2D eigenvalue weighted by molar-refractivity contribution is 0.0963. The van der Waals surface area contributed by atoms with E-state index in [2.05, 4.69) is 22.1 Å². The molecule has 1 fully saturated rings. The lowest BCUT2D eigenvalue weighted by atomic mass is 9.91. The highest BCUT2D eigenvalue weighted by molar-refractivity contribution is 5.98. The molecule has 0 unspecified atom stereocenters. The van der Waals surface area contributed by atoms with Crippen LogP contribution in [0.3, 0.4) is 0 Å². The number of aromatic nitrogens is 1. The SMILES string of the molecule is CNC(=O)c1cccnc1N1CC[C@](C)(COC)C1. The minimum Gasteiger partial charge on any atom is -0.384 e. The number of carbonyl (C=O) groups is 1. The van der Waals surface area contributed by atoms with Crippen molar-refractivity contribution in [1.82, 2.24) is 10.3 Å². The van der Waals surface area contributed by atoms with Gasteiger partial charge in [-0.1, -0.05) is 6.92 Å². The predicted octanol–water partition coefficient (Wildman–Crippen LogP) is 1.30. The van der Waals surface area contributed by atoms with Crippen LogP contribution < -0.4 is 10.2 Å². The minimum absolute atomic E-state index is 0.0940. The highest BCUT2D eigenvalue weighted by Crippen LogP contribution is 2.33. The molecule has 5 nitrogen and oxygen atoms in total. The molecular weight excluding hydrogens is 242 g/mol. The van der Waals surface area contributed by atoms with Crippen molar-refractivity contribution < 1.29 is 9.53 Å². The topological polar surface area (TPSA) is 54.5 Å². The molecule has 0 aliphatic carbocycles. The molecule has 0 spiro atoms. The van der Waals surface area contributed by atoms with Crippen molar-refractivity contribution in [3.05, 3.63) is 23.9 Å². The average molecular weight is 263 g/mol. The summed E-state index contributed by atoms with van der Waals surface area (Å²) >= 11 is 0. The molecule has 1 aromatic rings. The van der Waals surface area contributed by atoms with Crippen LogP contribution in [0.2, 0.25) is 0 Å². The van der Waals surface area contributed by atoms with Crippen LogP contribution in [0.25, 0.3) is 0 Å². The number of pyridine rings is 1. The summed E-state index contributed by atoms with van der Waals surface area (Å²) in [7, 11) is 3.36. The van der Waals surface area contributed by atoms with Gasteiger partial charge in [0.05, 0.1) is 12.2 Å². The van der Waals surface area contributed by atoms with Crippen molar-refractivity contribution in [3.63, 3.8) is 0 Å². The van der Waals surface area contributed by atoms with E-state index in [9.17, 15) is 4.79 Å². The molecule has 1 N–H and O–H groups in total. The number of nitrogens with one attached hydrogen (secondary N) is 1. The first kappa shape index (κ1) is 13.8. The van der Waals surface area contributed by atoms with Gasteiger partial charge in [0, 0.05) is 38.9 Å². The summed E-state index contributed by atoms with van der Waals surface area (Å²) in [6.07, 6.45) is 2.78. The van der Waals surface area contributed by atoms with E-state index in [1.165, 1.54) is 0 Å². The van der Waals surface area contributed by atoms with Crippen molar-refractivity contribution in [2.75, 3.05) is 38.8 Å². The maximum atomic E-state index is 11.9. The smallest absolute Gasteiger partial charge is 0.254 e. The Balaban J connectivity index is 2.22. The Hall–Kier alpha value is -1.62. The number of carbonyl (C=O) groups excluding carboxylic acids is 1. The molecule has 1 amide bonds. The molecule has 0 saturated carbocycles. The zero-order valence-electron chi connectivity index (χ0n) is 11.8. The summed E-state index contributed by atoms with van der Waals surface area (Å²) in [6.45, 7) is 4.70. The van der Waals surface area contributed by atoms with E-state index in [1.54, 1.807) is 26.4 Å². The van der Waals surface area contributed by atoms with Gasteiger partial charge in [0.25, 0.3) is 5.91 Å². The van der Waals surface area contributed by atoms with Crippen LogP contribution in [0.4, 0.5) is 5.82 Å². The van der Waals surface area contributed by atoms with Crippen molar-refractivity contribution in [3.8, 4) is 0 Å². The highest BCUT2D eigenvalue weighted by atomic mass is 16.5. The van der Waals surface area contributed by atoms with E-state index >= 15 is 0 Å². The molecule has 2 rings (SSSR count). The van der Waals surface area contributed by atoms with E-state index in [-0.39, 0.29) is 11.3 Å². The first-order valence-electron chi connectivity index (χ1n) is 6.50. The van der Waals surface area contributed by atoms with E-state index in [0.29, 0.717) is 5.56 Å². The second kappa shape index (κ2) is 5.57. The standard InChI is InChI=1S/C14H21N3O2/c1-14(10-19-3)6-8-17(9-14)12-11(13(18)15-2)5-4-7-16-12/h4-5,7H,6,8-10H2,1-3H3,(H,15,18)/t14-/m0/s1. The van der Waals surface area contributed by atoms with E-state index in [1.807, 2.05) is 6.07 Å². The third-order valence-corrected chi connectivity index (χ3v) is 3.61. The Morgan fingerprint density at radius 2 is 2.42 bits per heavy atom. The van der Waals surface area contributed by atoms with Crippen LogP contribution in [0.15, 0.2) is 18.3 Å². The number of ether oxygens (including phenoxy) is 1. The second-order valence-corrected chi connectivity index (χ2v) is 5.37. The molecular formula is C14H21N3O2. The van der Waals surface area contributed by atoms with Gasteiger partial charge in [-0.15, -0.1) is 0 Å². The van der Waals surface area contributed by atoms with Gasteiger partial charge < -0.3 is 15.0 Å². The molecule has 2 heterocycles. The largest absolute Gasteiger partial charge is 0.384 e. The summed E-state index contributed by atoms with van der Waals surface area (Å²) in [5.74, 6) is 0.671. The Morgan fingerprint density at radius 3 is 3.11 bits per heavy atom. The first-order valence-corrected chi connectivity index (χ1v) is 6.50. The molecule has 1 aliphatic rings. The van der Waals surface area contributed by atoms with Gasteiger partial charge in [-0.2, -0.15) is 0 Å². The predicted molar refractivity (Wildman–Crippen MR) is 74.4 cm³/mol. The van der Waals surface area contributed by atoms with Crippen LogP contribution >= 0.6 is 0 Å². The summed E-state index contributed by atoms with van der Waals surface area (Å²) in [5.41, 5.74) is 0.762. The number of amides is 1. The highest BCUT2D eigenvalue weighted by Gasteiger charge is 2.35. The Bertz CT molecular complexity index is 464. The molecule has 19 heavy (non-hydrogen) atoms. The van der Waals surface area contributed by atoms with Gasteiger partial charge in [-0.3, -0.25) is 4.79 Å².